The zero-order chi connectivity index (χ0) is 21.0. The molecule has 1 aliphatic heterocycles. The molecule has 1 aliphatic rings. The van der Waals surface area contributed by atoms with Crippen molar-refractivity contribution in [2.24, 2.45) is 0 Å². The van der Waals surface area contributed by atoms with Gasteiger partial charge < -0.3 is 9.47 Å². The third-order valence-corrected chi connectivity index (χ3v) is 3.40. The summed E-state index contributed by atoms with van der Waals surface area (Å²) < 4.78 is 176. The van der Waals surface area contributed by atoms with Crippen molar-refractivity contribution in [2.45, 2.75) is 54.9 Å². The molecule has 26 heavy (non-hydrogen) atoms. The third kappa shape index (κ3) is 3.31. The maximum Gasteiger partial charge on any atom is 0.460 e. The molecule has 1 heterocycles. The van der Waals surface area contributed by atoms with E-state index in [4.69, 9.17) is 0 Å². The standard InChI is InChI=1S/C11H9F13O2/c1-4(25-2-5-3-26-5)6(12,13)7(14,15)8(16,17)9(18,19)10(20,21)11(22,23)24/h4-5H,2-3H2,1H3. The molecule has 0 saturated carbocycles. The van der Waals surface area contributed by atoms with E-state index in [1.54, 1.807) is 0 Å². The van der Waals surface area contributed by atoms with Crippen LogP contribution < -0.4 is 0 Å². The minimum absolute atomic E-state index is 0.0203. The Morgan fingerprint density at radius 3 is 1.50 bits per heavy atom. The largest absolute Gasteiger partial charge is 0.460 e. The maximum absolute atomic E-state index is 13.5. The predicted molar refractivity (Wildman–Crippen MR) is 55.9 cm³/mol. The summed E-state index contributed by atoms with van der Waals surface area (Å²) in [6.07, 6.45) is -11.5. The van der Waals surface area contributed by atoms with Crippen LogP contribution in [0.25, 0.3) is 0 Å². The number of hydrogen-bond acceptors (Lipinski definition) is 2. The number of epoxide rings is 1. The Bertz CT molecular complexity index is 509. The normalized spacial score (nSPS) is 21.7. The van der Waals surface area contributed by atoms with Crippen LogP contribution in [0, 0.1) is 0 Å². The zero-order valence-corrected chi connectivity index (χ0v) is 12.3. The summed E-state index contributed by atoms with van der Waals surface area (Å²) in [4.78, 5) is 0. The zero-order valence-electron chi connectivity index (χ0n) is 12.3. The van der Waals surface area contributed by atoms with Gasteiger partial charge in [0.05, 0.1) is 13.2 Å². The lowest BCUT2D eigenvalue weighted by Crippen LogP contribution is -2.71. The first-order valence-corrected chi connectivity index (χ1v) is 6.44. The molecule has 1 saturated heterocycles. The highest BCUT2D eigenvalue weighted by Crippen LogP contribution is 2.60. The Labute approximate surface area is 136 Å². The highest BCUT2D eigenvalue weighted by atomic mass is 19.4. The molecule has 1 fully saturated rings. The average Bonchev–Trinajstić information content (AvgIpc) is 3.26. The van der Waals surface area contributed by atoms with E-state index < -0.39 is 54.6 Å². The number of rotatable bonds is 8. The lowest BCUT2D eigenvalue weighted by molar-refractivity contribution is -0.444. The molecular formula is C11H9F13O2. The summed E-state index contributed by atoms with van der Waals surface area (Å²) in [5, 5.41) is 0. The molecule has 2 atom stereocenters. The molecule has 0 radical (unpaired) electrons. The summed E-state index contributed by atoms with van der Waals surface area (Å²) >= 11 is 0. The summed E-state index contributed by atoms with van der Waals surface area (Å²) in [6.45, 7) is -0.902. The van der Waals surface area contributed by atoms with Crippen LogP contribution in [0.1, 0.15) is 6.92 Å². The first-order valence-electron chi connectivity index (χ1n) is 6.44. The fraction of sp³-hybridized carbons (Fsp3) is 1.00. The van der Waals surface area contributed by atoms with Gasteiger partial charge in [-0.05, 0) is 6.92 Å². The van der Waals surface area contributed by atoms with E-state index in [9.17, 15) is 57.1 Å². The minimum Gasteiger partial charge on any atom is -0.371 e. The highest BCUT2D eigenvalue weighted by molar-refractivity contribution is 5.11. The molecule has 0 amide bonds. The highest BCUT2D eigenvalue weighted by Gasteiger charge is 2.91. The summed E-state index contributed by atoms with van der Waals surface area (Å²) in [5.41, 5.74) is 0. The topological polar surface area (TPSA) is 21.8 Å². The molecule has 0 aromatic heterocycles. The van der Waals surface area contributed by atoms with Gasteiger partial charge in [-0.3, -0.25) is 0 Å². The van der Waals surface area contributed by atoms with E-state index in [1.165, 1.54) is 0 Å². The second-order valence-corrected chi connectivity index (χ2v) is 5.35. The molecule has 156 valence electrons. The Morgan fingerprint density at radius 2 is 1.15 bits per heavy atom. The van der Waals surface area contributed by atoms with Gasteiger partial charge in [-0.25, -0.2) is 0 Å². The Hall–Kier alpha value is -0.990. The SMILES string of the molecule is CC(OCC1CO1)C(F)(F)C(F)(F)C(F)(F)C(F)(F)C(F)(F)C(F)(F)F. The van der Waals surface area contributed by atoms with E-state index in [2.05, 4.69) is 9.47 Å². The molecule has 1 rings (SSSR count). The third-order valence-electron chi connectivity index (χ3n) is 3.40. The van der Waals surface area contributed by atoms with Gasteiger partial charge in [0, 0.05) is 0 Å². The number of alkyl halides is 13. The van der Waals surface area contributed by atoms with Gasteiger partial charge in [-0.1, -0.05) is 0 Å². The monoisotopic (exact) mass is 420 g/mol. The van der Waals surface area contributed by atoms with E-state index in [1.807, 2.05) is 0 Å². The first-order chi connectivity index (χ1) is 11.2. The van der Waals surface area contributed by atoms with Crippen LogP contribution >= 0.6 is 0 Å². The number of hydrogen-bond donors (Lipinski definition) is 0. The van der Waals surface area contributed by atoms with E-state index in [-0.39, 0.29) is 13.5 Å². The second kappa shape index (κ2) is 6.27. The molecule has 0 spiro atoms. The molecule has 0 aliphatic carbocycles. The second-order valence-electron chi connectivity index (χ2n) is 5.35. The maximum atomic E-state index is 13.5. The lowest BCUT2D eigenvalue weighted by Gasteiger charge is -2.41. The average molecular weight is 420 g/mol. The Kier molecular flexibility index (Phi) is 5.56. The van der Waals surface area contributed by atoms with Crippen molar-refractivity contribution in [2.75, 3.05) is 13.2 Å². The van der Waals surface area contributed by atoms with Crippen molar-refractivity contribution in [3.8, 4) is 0 Å². The van der Waals surface area contributed by atoms with Crippen molar-refractivity contribution in [3.05, 3.63) is 0 Å². The molecule has 0 aromatic carbocycles. The van der Waals surface area contributed by atoms with Gasteiger partial charge in [-0.2, -0.15) is 57.1 Å². The van der Waals surface area contributed by atoms with Gasteiger partial charge in [0.1, 0.15) is 12.2 Å². The van der Waals surface area contributed by atoms with Crippen molar-refractivity contribution in [1.29, 1.82) is 0 Å². The van der Waals surface area contributed by atoms with Crippen LogP contribution in [0.15, 0.2) is 0 Å². The van der Waals surface area contributed by atoms with Gasteiger partial charge >= 0.3 is 35.8 Å². The Balaban J connectivity index is 3.23. The Morgan fingerprint density at radius 1 is 0.769 bits per heavy atom. The molecular weight excluding hydrogens is 411 g/mol. The molecule has 2 nitrogen and oxygen atoms in total. The molecule has 0 bridgehead atoms. The van der Waals surface area contributed by atoms with Gasteiger partial charge in [0.2, 0.25) is 0 Å². The van der Waals surface area contributed by atoms with Gasteiger partial charge in [0.15, 0.2) is 0 Å². The van der Waals surface area contributed by atoms with Crippen molar-refractivity contribution in [1.82, 2.24) is 0 Å². The van der Waals surface area contributed by atoms with Crippen molar-refractivity contribution < 1.29 is 66.5 Å². The minimum atomic E-state index is -7.90. The van der Waals surface area contributed by atoms with E-state index in [0.717, 1.165) is 0 Å². The van der Waals surface area contributed by atoms with Crippen molar-refractivity contribution >= 4 is 0 Å². The van der Waals surface area contributed by atoms with Crippen LogP contribution in [0.3, 0.4) is 0 Å². The molecule has 0 N–H and O–H groups in total. The van der Waals surface area contributed by atoms with Crippen molar-refractivity contribution in [3.63, 3.8) is 0 Å². The molecule has 2 unspecified atom stereocenters. The predicted octanol–water partition coefficient (Wildman–Crippen LogP) is 4.53. The van der Waals surface area contributed by atoms with Crippen LogP contribution in [-0.4, -0.2) is 61.2 Å². The lowest BCUT2D eigenvalue weighted by atomic mass is 9.92. The summed E-state index contributed by atoms with van der Waals surface area (Å²) in [6, 6.07) is 0. The van der Waals surface area contributed by atoms with E-state index in [0.29, 0.717) is 0 Å². The van der Waals surface area contributed by atoms with Crippen LogP contribution in [-0.2, 0) is 9.47 Å². The molecule has 0 aromatic rings. The fourth-order valence-electron chi connectivity index (χ4n) is 1.56. The van der Waals surface area contributed by atoms with Crippen LogP contribution in [0.2, 0.25) is 0 Å². The quantitative estimate of drug-likeness (QED) is 0.425. The van der Waals surface area contributed by atoms with Crippen LogP contribution in [0.5, 0.6) is 0 Å². The fourth-order valence-corrected chi connectivity index (χ4v) is 1.56. The number of ether oxygens (including phenoxy) is 2. The smallest absolute Gasteiger partial charge is 0.371 e. The van der Waals surface area contributed by atoms with Gasteiger partial charge in [0.25, 0.3) is 0 Å². The first kappa shape index (κ1) is 23.0. The summed E-state index contributed by atoms with van der Waals surface area (Å²) in [5.74, 6) is -37.0. The summed E-state index contributed by atoms with van der Waals surface area (Å²) in [7, 11) is 0. The number of halogens is 13. The van der Waals surface area contributed by atoms with E-state index >= 15 is 0 Å². The van der Waals surface area contributed by atoms with Gasteiger partial charge in [-0.15, -0.1) is 0 Å². The van der Waals surface area contributed by atoms with Crippen LogP contribution in [0.4, 0.5) is 57.1 Å². The molecule has 15 heteroatoms.